The molecule has 1 aliphatic heterocycles. The number of carbonyl (C=O) groups excluding carboxylic acids is 2. The molecule has 2 aliphatic carbocycles. The molecule has 6 nitrogen and oxygen atoms in total. The smallest absolute Gasteiger partial charge is 0.303 e. The fourth-order valence-electron chi connectivity index (χ4n) is 6.70. The highest BCUT2D eigenvalue weighted by atomic mass is 16.6. The number of hydrogen-bond acceptors (Lipinski definition) is 6. The highest BCUT2D eigenvalue weighted by Gasteiger charge is 2.71. The molecule has 2 saturated carbocycles. The summed E-state index contributed by atoms with van der Waals surface area (Å²) in [5.74, 6) is -1.31. The third kappa shape index (κ3) is 3.42. The van der Waals surface area contributed by atoms with E-state index < -0.39 is 40.8 Å². The van der Waals surface area contributed by atoms with E-state index in [1.54, 1.807) is 6.08 Å². The van der Waals surface area contributed by atoms with Crippen molar-refractivity contribution < 1.29 is 28.9 Å². The maximum atomic E-state index is 12.2. The van der Waals surface area contributed by atoms with Crippen molar-refractivity contribution in [1.82, 2.24) is 0 Å². The monoisotopic (exact) mass is 420 g/mol. The Hall–Kier alpha value is -1.66. The Bertz CT molecular complexity index is 757. The number of esters is 2. The van der Waals surface area contributed by atoms with Gasteiger partial charge in [-0.2, -0.15) is 0 Å². The Kier molecular flexibility index (Phi) is 5.74. The normalized spacial score (nSPS) is 44.4. The fourth-order valence-corrected chi connectivity index (χ4v) is 6.70. The first-order chi connectivity index (χ1) is 13.8. The fraction of sp³-hybridized carbons (Fsp3) is 0.750. The Labute approximate surface area is 179 Å². The van der Waals surface area contributed by atoms with Crippen LogP contribution in [0.4, 0.5) is 0 Å². The van der Waals surface area contributed by atoms with E-state index in [2.05, 4.69) is 26.5 Å². The molecule has 1 heterocycles. The lowest BCUT2D eigenvalue weighted by Gasteiger charge is -2.67. The van der Waals surface area contributed by atoms with Gasteiger partial charge in [-0.3, -0.25) is 9.59 Å². The molecule has 3 rings (SSSR count). The molecule has 0 amide bonds. The van der Waals surface area contributed by atoms with E-state index in [1.807, 2.05) is 19.9 Å². The van der Waals surface area contributed by atoms with Crippen molar-refractivity contribution in [2.75, 3.05) is 6.61 Å². The Morgan fingerprint density at radius 2 is 1.80 bits per heavy atom. The zero-order valence-electron chi connectivity index (χ0n) is 19.1. The summed E-state index contributed by atoms with van der Waals surface area (Å²) in [7, 11) is 0. The lowest BCUT2D eigenvalue weighted by atomic mass is 9.43. The van der Waals surface area contributed by atoms with Crippen molar-refractivity contribution in [1.29, 1.82) is 0 Å². The molecule has 30 heavy (non-hydrogen) atoms. The SMILES string of the molecule is C=C[C@@]1(C)C=C[C@@H]2[C@@]3(CO)CCCC(C)(C)[C@@H]3[C@H](OC(C)=O)[C@H](OC(C)=O)[C@@]2(C)O1. The number of aliphatic hydroxyl groups excluding tert-OH is 1. The first-order valence-electron chi connectivity index (χ1n) is 10.8. The van der Waals surface area contributed by atoms with Gasteiger partial charge >= 0.3 is 11.9 Å². The van der Waals surface area contributed by atoms with Gasteiger partial charge in [0.05, 0.1) is 0 Å². The van der Waals surface area contributed by atoms with E-state index in [9.17, 15) is 14.7 Å². The molecule has 0 saturated heterocycles. The van der Waals surface area contributed by atoms with Crippen LogP contribution in [0.1, 0.15) is 60.8 Å². The van der Waals surface area contributed by atoms with Crippen LogP contribution in [0, 0.1) is 22.7 Å². The van der Waals surface area contributed by atoms with Crippen LogP contribution in [0.3, 0.4) is 0 Å². The van der Waals surface area contributed by atoms with Gasteiger partial charge in [0, 0.05) is 37.7 Å². The molecule has 3 aliphatic rings. The summed E-state index contributed by atoms with van der Waals surface area (Å²) in [6.07, 6.45) is 6.90. The Balaban J connectivity index is 2.28. The van der Waals surface area contributed by atoms with Gasteiger partial charge < -0.3 is 19.3 Å². The van der Waals surface area contributed by atoms with Crippen molar-refractivity contribution in [2.24, 2.45) is 22.7 Å². The molecular weight excluding hydrogens is 384 g/mol. The van der Waals surface area contributed by atoms with Crippen LogP contribution in [-0.2, 0) is 23.8 Å². The van der Waals surface area contributed by atoms with Gasteiger partial charge in [0.1, 0.15) is 17.3 Å². The van der Waals surface area contributed by atoms with Crippen LogP contribution >= 0.6 is 0 Å². The molecule has 0 aromatic carbocycles. The molecule has 0 aromatic rings. The molecule has 1 N–H and O–H groups in total. The van der Waals surface area contributed by atoms with Crippen molar-refractivity contribution in [3.05, 3.63) is 24.8 Å². The van der Waals surface area contributed by atoms with E-state index in [-0.39, 0.29) is 23.9 Å². The molecular formula is C24H36O6. The summed E-state index contributed by atoms with van der Waals surface area (Å²) in [6, 6.07) is 0. The van der Waals surface area contributed by atoms with Gasteiger partial charge in [0.15, 0.2) is 6.10 Å². The van der Waals surface area contributed by atoms with Gasteiger partial charge in [-0.1, -0.05) is 45.1 Å². The van der Waals surface area contributed by atoms with Gasteiger partial charge in [0.25, 0.3) is 0 Å². The van der Waals surface area contributed by atoms with Gasteiger partial charge in [0.2, 0.25) is 0 Å². The maximum Gasteiger partial charge on any atom is 0.303 e. The summed E-state index contributed by atoms with van der Waals surface area (Å²) in [4.78, 5) is 24.3. The van der Waals surface area contributed by atoms with E-state index >= 15 is 0 Å². The molecule has 6 heteroatoms. The second kappa shape index (κ2) is 7.49. The predicted octanol–water partition coefficient (Wildman–Crippen LogP) is 3.57. The van der Waals surface area contributed by atoms with Crippen LogP contribution in [0.25, 0.3) is 0 Å². The number of carbonyl (C=O) groups is 2. The molecule has 0 radical (unpaired) electrons. The van der Waals surface area contributed by atoms with Crippen LogP contribution in [-0.4, -0.2) is 47.1 Å². The van der Waals surface area contributed by atoms with E-state index in [4.69, 9.17) is 14.2 Å². The first-order valence-corrected chi connectivity index (χ1v) is 10.8. The van der Waals surface area contributed by atoms with E-state index in [0.29, 0.717) is 0 Å². The topological polar surface area (TPSA) is 82.1 Å². The molecule has 0 bridgehead atoms. The number of rotatable bonds is 4. The van der Waals surface area contributed by atoms with Crippen LogP contribution in [0.15, 0.2) is 24.8 Å². The predicted molar refractivity (Wildman–Crippen MR) is 112 cm³/mol. The maximum absolute atomic E-state index is 12.2. The van der Waals surface area contributed by atoms with Crippen LogP contribution in [0.5, 0.6) is 0 Å². The van der Waals surface area contributed by atoms with Crippen molar-refractivity contribution in [2.45, 2.75) is 84.2 Å². The van der Waals surface area contributed by atoms with Gasteiger partial charge in [-0.15, -0.1) is 0 Å². The van der Waals surface area contributed by atoms with Crippen molar-refractivity contribution >= 4 is 11.9 Å². The number of ether oxygens (including phenoxy) is 3. The summed E-state index contributed by atoms with van der Waals surface area (Å²) < 4.78 is 18.4. The summed E-state index contributed by atoms with van der Waals surface area (Å²) in [6.45, 7) is 14.6. The minimum absolute atomic E-state index is 0.0651. The molecule has 0 unspecified atom stereocenters. The molecule has 2 fully saturated rings. The van der Waals surface area contributed by atoms with E-state index in [0.717, 1.165) is 19.3 Å². The lowest BCUT2D eigenvalue weighted by Crippen LogP contribution is -2.74. The molecule has 0 spiro atoms. The van der Waals surface area contributed by atoms with Crippen LogP contribution < -0.4 is 0 Å². The standard InChI is InChI=1S/C24H36O6/c1-8-22(6)13-10-17-23(7,30-22)20(29-16(3)27)18(28-15(2)26)19-21(4,5)11-9-12-24(17,19)14-25/h8,10,13,17-20,25H,1,9,11-12,14H2,2-7H3/t17-,18-,19-,20-,22-,23-,24-/m0/s1. The first kappa shape index (κ1) is 23.0. The second-order valence-electron chi connectivity index (χ2n) is 10.3. The number of hydrogen-bond donors (Lipinski definition) is 1. The highest BCUT2D eigenvalue weighted by Crippen LogP contribution is 2.65. The third-order valence-electron chi connectivity index (χ3n) is 7.71. The van der Waals surface area contributed by atoms with Gasteiger partial charge in [-0.05, 0) is 32.1 Å². The minimum atomic E-state index is -1.00. The summed E-state index contributed by atoms with van der Waals surface area (Å²) >= 11 is 0. The van der Waals surface area contributed by atoms with Gasteiger partial charge in [-0.25, -0.2) is 0 Å². The highest BCUT2D eigenvalue weighted by molar-refractivity contribution is 5.67. The molecule has 168 valence electrons. The molecule has 0 aromatic heterocycles. The Morgan fingerprint density at radius 3 is 2.33 bits per heavy atom. The summed E-state index contributed by atoms with van der Waals surface area (Å²) in [5.41, 5.74) is -2.56. The number of aliphatic hydroxyl groups is 1. The average Bonchev–Trinajstić information content (AvgIpc) is 2.63. The summed E-state index contributed by atoms with van der Waals surface area (Å²) in [5, 5.41) is 10.8. The third-order valence-corrected chi connectivity index (χ3v) is 7.71. The number of fused-ring (bicyclic) bond motifs is 3. The van der Waals surface area contributed by atoms with Crippen molar-refractivity contribution in [3.8, 4) is 0 Å². The Morgan fingerprint density at radius 1 is 1.17 bits per heavy atom. The van der Waals surface area contributed by atoms with Crippen molar-refractivity contribution in [3.63, 3.8) is 0 Å². The second-order valence-corrected chi connectivity index (χ2v) is 10.3. The average molecular weight is 421 g/mol. The lowest BCUT2D eigenvalue weighted by molar-refractivity contribution is -0.304. The zero-order chi connectivity index (χ0) is 22.5. The van der Waals surface area contributed by atoms with Crippen LogP contribution in [0.2, 0.25) is 0 Å². The largest absolute Gasteiger partial charge is 0.458 e. The zero-order valence-corrected chi connectivity index (χ0v) is 19.1. The molecule has 7 atom stereocenters. The van der Waals surface area contributed by atoms with E-state index in [1.165, 1.54) is 13.8 Å². The quantitative estimate of drug-likeness (QED) is 0.553. The minimum Gasteiger partial charge on any atom is -0.458 e.